The van der Waals surface area contributed by atoms with Gasteiger partial charge in [-0.2, -0.15) is 0 Å². The van der Waals surface area contributed by atoms with E-state index < -0.39 is 10.0 Å². The smallest absolute Gasteiger partial charge is 0.214 e. The Bertz CT molecular complexity index is 647. The molecule has 1 atom stereocenters. The Hall–Kier alpha value is -0.850. The van der Waals surface area contributed by atoms with Crippen LogP contribution in [0.3, 0.4) is 0 Å². The van der Waals surface area contributed by atoms with Gasteiger partial charge >= 0.3 is 0 Å². The van der Waals surface area contributed by atoms with E-state index in [1.54, 1.807) is 0 Å². The second-order valence-electron chi connectivity index (χ2n) is 7.46. The quantitative estimate of drug-likeness (QED) is 0.863. The maximum atomic E-state index is 12.0. The Morgan fingerprint density at radius 2 is 2.00 bits per heavy atom. The summed E-state index contributed by atoms with van der Waals surface area (Å²) in [6, 6.07) is 5.10. The zero-order valence-electron chi connectivity index (χ0n) is 13.7. The van der Waals surface area contributed by atoms with Crippen molar-refractivity contribution in [2.45, 2.75) is 62.9 Å². The molecular weight excluding hydrogens is 310 g/mol. The van der Waals surface area contributed by atoms with Crippen molar-refractivity contribution in [1.29, 1.82) is 0 Å². The summed E-state index contributed by atoms with van der Waals surface area (Å²) in [6.07, 6.45) is 8.76. The molecule has 23 heavy (non-hydrogen) atoms. The standard InChI is InChI=1S/C17H27N3O2S/c21-23(22,17-6-7-17)18-9-8-14-11-19-10-2-5-16(19)13-20(12-14)15-3-1-4-15/h2,5,10,14-15,17-18H,1,3-4,6-9,11-13H2/t14-/m1/s1. The average molecular weight is 337 g/mol. The van der Waals surface area contributed by atoms with Crippen molar-refractivity contribution in [2.24, 2.45) is 5.92 Å². The number of fused-ring (bicyclic) bond motifs is 1. The second kappa shape index (κ2) is 6.22. The molecule has 2 heterocycles. The lowest BCUT2D eigenvalue weighted by atomic mass is 9.90. The van der Waals surface area contributed by atoms with Crippen LogP contribution in [0.15, 0.2) is 18.3 Å². The highest BCUT2D eigenvalue weighted by molar-refractivity contribution is 7.90. The third-order valence-corrected chi connectivity index (χ3v) is 7.60. The molecule has 2 saturated carbocycles. The van der Waals surface area contributed by atoms with E-state index in [1.165, 1.54) is 25.0 Å². The summed E-state index contributed by atoms with van der Waals surface area (Å²) in [5.41, 5.74) is 1.40. The molecule has 4 rings (SSSR count). The topological polar surface area (TPSA) is 54.3 Å². The van der Waals surface area contributed by atoms with Gasteiger partial charge in [-0.1, -0.05) is 6.42 Å². The number of sulfonamides is 1. The van der Waals surface area contributed by atoms with Gasteiger partial charge in [-0.3, -0.25) is 4.90 Å². The third-order valence-electron chi connectivity index (χ3n) is 5.65. The van der Waals surface area contributed by atoms with Gasteiger partial charge in [0.1, 0.15) is 0 Å². The van der Waals surface area contributed by atoms with E-state index in [1.807, 2.05) is 0 Å². The van der Waals surface area contributed by atoms with Gasteiger partial charge in [0.2, 0.25) is 10.0 Å². The first-order valence-corrected chi connectivity index (χ1v) is 10.5. The minimum absolute atomic E-state index is 0.112. The first kappa shape index (κ1) is 15.7. The molecule has 1 aromatic heterocycles. The summed E-state index contributed by atoms with van der Waals surface area (Å²) in [4.78, 5) is 2.63. The predicted molar refractivity (Wildman–Crippen MR) is 90.5 cm³/mol. The number of aromatic nitrogens is 1. The minimum Gasteiger partial charge on any atom is -0.350 e. The Morgan fingerprint density at radius 1 is 1.17 bits per heavy atom. The van der Waals surface area contributed by atoms with Crippen molar-refractivity contribution in [3.05, 3.63) is 24.0 Å². The molecule has 1 aromatic rings. The number of hydrogen-bond donors (Lipinski definition) is 1. The highest BCUT2D eigenvalue weighted by atomic mass is 32.2. The lowest BCUT2D eigenvalue weighted by Crippen LogP contribution is -2.42. The maximum Gasteiger partial charge on any atom is 0.214 e. The summed E-state index contributed by atoms with van der Waals surface area (Å²) in [7, 11) is -3.04. The molecule has 2 fully saturated rings. The van der Waals surface area contributed by atoms with E-state index in [0.29, 0.717) is 12.5 Å². The van der Waals surface area contributed by atoms with Gasteiger partial charge in [-0.25, -0.2) is 13.1 Å². The lowest BCUT2D eigenvalue weighted by molar-refractivity contribution is 0.102. The number of hydrogen-bond acceptors (Lipinski definition) is 3. The highest BCUT2D eigenvalue weighted by Gasteiger charge is 2.35. The molecule has 0 aromatic carbocycles. The van der Waals surface area contributed by atoms with E-state index in [4.69, 9.17) is 0 Å². The van der Waals surface area contributed by atoms with Gasteiger partial charge in [0.25, 0.3) is 0 Å². The van der Waals surface area contributed by atoms with Crippen LogP contribution in [-0.4, -0.2) is 42.3 Å². The van der Waals surface area contributed by atoms with Gasteiger partial charge in [0.05, 0.1) is 5.25 Å². The Morgan fingerprint density at radius 3 is 2.70 bits per heavy atom. The molecule has 0 radical (unpaired) electrons. The van der Waals surface area contributed by atoms with Crippen LogP contribution in [0.4, 0.5) is 0 Å². The highest BCUT2D eigenvalue weighted by Crippen LogP contribution is 2.30. The molecule has 5 nitrogen and oxygen atoms in total. The first-order chi connectivity index (χ1) is 11.1. The van der Waals surface area contributed by atoms with Gasteiger partial charge in [0.15, 0.2) is 0 Å². The number of nitrogens with zero attached hydrogens (tertiary/aromatic N) is 2. The van der Waals surface area contributed by atoms with Crippen LogP contribution >= 0.6 is 0 Å². The maximum absolute atomic E-state index is 12.0. The van der Waals surface area contributed by atoms with Crippen molar-refractivity contribution in [2.75, 3.05) is 13.1 Å². The molecule has 1 N–H and O–H groups in total. The largest absolute Gasteiger partial charge is 0.350 e. The fraction of sp³-hybridized carbons (Fsp3) is 0.765. The van der Waals surface area contributed by atoms with E-state index >= 15 is 0 Å². The average Bonchev–Trinajstić information content (AvgIpc) is 3.23. The normalized spacial score (nSPS) is 26.5. The van der Waals surface area contributed by atoms with Gasteiger partial charge in [-0.05, 0) is 50.2 Å². The van der Waals surface area contributed by atoms with Crippen molar-refractivity contribution in [1.82, 2.24) is 14.2 Å². The zero-order chi connectivity index (χ0) is 15.9. The van der Waals surface area contributed by atoms with Crippen LogP contribution in [0.2, 0.25) is 0 Å². The number of nitrogens with one attached hydrogen (secondary N) is 1. The van der Waals surface area contributed by atoms with Crippen LogP contribution in [0.1, 0.15) is 44.2 Å². The van der Waals surface area contributed by atoms with Gasteiger partial charge < -0.3 is 4.57 Å². The summed E-state index contributed by atoms with van der Waals surface area (Å²) in [5.74, 6) is 0.520. The van der Waals surface area contributed by atoms with Crippen LogP contribution in [0.5, 0.6) is 0 Å². The second-order valence-corrected chi connectivity index (χ2v) is 9.50. The molecule has 0 saturated heterocycles. The molecule has 0 unspecified atom stereocenters. The van der Waals surface area contributed by atoms with E-state index in [-0.39, 0.29) is 5.25 Å². The molecule has 0 bridgehead atoms. The summed E-state index contributed by atoms with van der Waals surface area (Å²) in [5, 5.41) is -0.112. The van der Waals surface area contributed by atoms with Crippen molar-refractivity contribution < 1.29 is 8.42 Å². The summed E-state index contributed by atoms with van der Waals surface area (Å²) in [6.45, 7) is 3.73. The Balaban J connectivity index is 1.38. The minimum atomic E-state index is -3.04. The first-order valence-electron chi connectivity index (χ1n) is 8.98. The number of rotatable bonds is 6. The molecule has 3 aliphatic rings. The fourth-order valence-corrected chi connectivity index (χ4v) is 5.22. The molecule has 0 amide bonds. The van der Waals surface area contributed by atoms with E-state index in [2.05, 4.69) is 32.5 Å². The van der Waals surface area contributed by atoms with Crippen LogP contribution in [0, 0.1) is 5.92 Å². The fourth-order valence-electron chi connectivity index (χ4n) is 3.83. The molecule has 2 aliphatic carbocycles. The van der Waals surface area contributed by atoms with Crippen molar-refractivity contribution in [3.63, 3.8) is 0 Å². The molecule has 0 spiro atoms. The van der Waals surface area contributed by atoms with Crippen LogP contribution in [-0.2, 0) is 23.1 Å². The molecule has 6 heteroatoms. The summed E-state index contributed by atoms with van der Waals surface area (Å²) < 4.78 is 29.1. The van der Waals surface area contributed by atoms with E-state index in [9.17, 15) is 8.42 Å². The van der Waals surface area contributed by atoms with Crippen LogP contribution < -0.4 is 4.72 Å². The zero-order valence-corrected chi connectivity index (χ0v) is 14.5. The predicted octanol–water partition coefficient (Wildman–Crippen LogP) is 1.94. The van der Waals surface area contributed by atoms with E-state index in [0.717, 1.165) is 44.9 Å². The molecule has 1 aliphatic heterocycles. The summed E-state index contributed by atoms with van der Waals surface area (Å²) >= 11 is 0. The Labute approximate surface area is 139 Å². The Kier molecular flexibility index (Phi) is 4.24. The SMILES string of the molecule is O=S(=O)(NCC[C@H]1CN(C2CCC2)Cc2cccn2C1)C1CC1. The van der Waals surface area contributed by atoms with Gasteiger partial charge in [0, 0.05) is 44.1 Å². The van der Waals surface area contributed by atoms with Gasteiger partial charge in [-0.15, -0.1) is 0 Å². The van der Waals surface area contributed by atoms with Crippen molar-refractivity contribution in [3.8, 4) is 0 Å². The molecule has 128 valence electrons. The monoisotopic (exact) mass is 337 g/mol. The van der Waals surface area contributed by atoms with Crippen molar-refractivity contribution >= 4 is 10.0 Å². The molecular formula is C17H27N3O2S. The lowest BCUT2D eigenvalue weighted by Gasteiger charge is -2.38. The van der Waals surface area contributed by atoms with Crippen LogP contribution in [0.25, 0.3) is 0 Å². The third kappa shape index (κ3) is 3.49.